The summed E-state index contributed by atoms with van der Waals surface area (Å²) < 4.78 is 4.72. The molecule has 21 heavy (non-hydrogen) atoms. The monoisotopic (exact) mass is 302 g/mol. The summed E-state index contributed by atoms with van der Waals surface area (Å²) in [6, 6.07) is -0.633. The molecule has 1 atom stereocenters. The van der Waals surface area contributed by atoms with Crippen LogP contribution in [0.15, 0.2) is 0 Å². The average molecular weight is 302 g/mol. The SMILES string of the molecule is CCOC(=O)CCN(C)C(=O)NC(=O)CC(C)CC(=O)O. The van der Waals surface area contributed by atoms with Crippen LogP contribution in [0.3, 0.4) is 0 Å². The van der Waals surface area contributed by atoms with Gasteiger partial charge in [0, 0.05) is 26.4 Å². The molecule has 0 heterocycles. The van der Waals surface area contributed by atoms with Crippen LogP contribution in [0.2, 0.25) is 0 Å². The highest BCUT2D eigenvalue weighted by atomic mass is 16.5. The van der Waals surface area contributed by atoms with E-state index in [-0.39, 0.29) is 38.3 Å². The maximum Gasteiger partial charge on any atom is 0.323 e. The third-order valence-corrected chi connectivity index (χ3v) is 2.61. The summed E-state index contributed by atoms with van der Waals surface area (Å²) in [5.74, 6) is -2.32. The first-order valence-electron chi connectivity index (χ1n) is 6.68. The fraction of sp³-hybridized carbons (Fsp3) is 0.692. The van der Waals surface area contributed by atoms with Gasteiger partial charge in [-0.15, -0.1) is 0 Å². The molecule has 120 valence electrons. The van der Waals surface area contributed by atoms with Gasteiger partial charge in [0.05, 0.1) is 13.0 Å². The van der Waals surface area contributed by atoms with Crippen molar-refractivity contribution >= 4 is 23.9 Å². The van der Waals surface area contributed by atoms with Gasteiger partial charge in [0.25, 0.3) is 0 Å². The molecule has 0 fully saturated rings. The number of nitrogens with zero attached hydrogens (tertiary/aromatic N) is 1. The van der Waals surface area contributed by atoms with Gasteiger partial charge >= 0.3 is 18.0 Å². The molecule has 0 radical (unpaired) electrons. The highest BCUT2D eigenvalue weighted by Gasteiger charge is 2.17. The Bertz CT molecular complexity index is 396. The topological polar surface area (TPSA) is 113 Å². The van der Waals surface area contributed by atoms with Gasteiger partial charge in [0.1, 0.15) is 0 Å². The van der Waals surface area contributed by atoms with E-state index >= 15 is 0 Å². The molecule has 0 aliphatic heterocycles. The lowest BCUT2D eigenvalue weighted by Gasteiger charge is -2.17. The van der Waals surface area contributed by atoms with Crippen LogP contribution in [0.5, 0.6) is 0 Å². The zero-order valence-corrected chi connectivity index (χ0v) is 12.5. The summed E-state index contributed by atoms with van der Waals surface area (Å²) >= 11 is 0. The Morgan fingerprint density at radius 3 is 2.38 bits per heavy atom. The third-order valence-electron chi connectivity index (χ3n) is 2.61. The van der Waals surface area contributed by atoms with Crippen molar-refractivity contribution in [1.29, 1.82) is 0 Å². The highest BCUT2D eigenvalue weighted by molar-refractivity contribution is 5.94. The number of hydrogen-bond acceptors (Lipinski definition) is 5. The molecule has 1 unspecified atom stereocenters. The van der Waals surface area contributed by atoms with E-state index in [1.165, 1.54) is 11.9 Å². The minimum absolute atomic E-state index is 0.0430. The van der Waals surface area contributed by atoms with Gasteiger partial charge in [0.15, 0.2) is 0 Å². The van der Waals surface area contributed by atoms with Gasteiger partial charge in [-0.3, -0.25) is 19.7 Å². The first kappa shape index (κ1) is 18.9. The largest absolute Gasteiger partial charge is 0.481 e. The van der Waals surface area contributed by atoms with E-state index < -0.39 is 23.9 Å². The molecular weight excluding hydrogens is 280 g/mol. The molecule has 0 aliphatic rings. The van der Waals surface area contributed by atoms with Crippen LogP contribution in [0.25, 0.3) is 0 Å². The molecule has 0 saturated heterocycles. The van der Waals surface area contributed by atoms with Crippen molar-refractivity contribution in [3.8, 4) is 0 Å². The number of carboxylic acid groups (broad SMARTS) is 1. The van der Waals surface area contributed by atoms with Gasteiger partial charge in [-0.05, 0) is 12.8 Å². The van der Waals surface area contributed by atoms with Crippen molar-refractivity contribution in [1.82, 2.24) is 10.2 Å². The van der Waals surface area contributed by atoms with Crippen LogP contribution in [0, 0.1) is 5.92 Å². The van der Waals surface area contributed by atoms with E-state index in [2.05, 4.69) is 5.32 Å². The lowest BCUT2D eigenvalue weighted by molar-refractivity contribution is -0.143. The maximum absolute atomic E-state index is 11.7. The Hall–Kier alpha value is -2.12. The number of nitrogens with one attached hydrogen (secondary N) is 1. The first-order valence-corrected chi connectivity index (χ1v) is 6.68. The van der Waals surface area contributed by atoms with Crippen molar-refractivity contribution in [2.24, 2.45) is 5.92 Å². The van der Waals surface area contributed by atoms with Crippen LogP contribution in [0.4, 0.5) is 4.79 Å². The second kappa shape index (κ2) is 9.73. The van der Waals surface area contributed by atoms with Crippen LogP contribution < -0.4 is 5.32 Å². The molecule has 3 amide bonds. The fourth-order valence-electron chi connectivity index (χ4n) is 1.55. The van der Waals surface area contributed by atoms with Crippen molar-refractivity contribution < 1.29 is 29.0 Å². The number of rotatable bonds is 8. The fourth-order valence-corrected chi connectivity index (χ4v) is 1.55. The number of esters is 1. The molecule has 0 aromatic rings. The molecule has 8 nitrogen and oxygen atoms in total. The quantitative estimate of drug-likeness (QED) is 0.635. The van der Waals surface area contributed by atoms with E-state index in [1.54, 1.807) is 13.8 Å². The molecule has 0 saturated carbocycles. The van der Waals surface area contributed by atoms with Crippen LogP contribution >= 0.6 is 0 Å². The van der Waals surface area contributed by atoms with Gasteiger partial charge in [-0.2, -0.15) is 0 Å². The van der Waals surface area contributed by atoms with Crippen LogP contribution in [0.1, 0.15) is 33.1 Å². The number of ether oxygens (including phenoxy) is 1. The number of hydrogen-bond donors (Lipinski definition) is 2. The van der Waals surface area contributed by atoms with Crippen LogP contribution in [-0.2, 0) is 19.1 Å². The Morgan fingerprint density at radius 1 is 1.24 bits per heavy atom. The van der Waals surface area contributed by atoms with Crippen LogP contribution in [-0.4, -0.2) is 54.1 Å². The van der Waals surface area contributed by atoms with E-state index in [1.807, 2.05) is 0 Å². The minimum atomic E-state index is -0.992. The average Bonchev–Trinajstić information content (AvgIpc) is 2.34. The predicted octanol–water partition coefficient (Wildman–Crippen LogP) is 0.609. The smallest absolute Gasteiger partial charge is 0.323 e. The summed E-state index contributed by atoms with van der Waals surface area (Å²) in [7, 11) is 1.45. The van der Waals surface area contributed by atoms with E-state index in [4.69, 9.17) is 9.84 Å². The Balaban J connectivity index is 4.08. The highest BCUT2D eigenvalue weighted by Crippen LogP contribution is 2.07. The summed E-state index contributed by atoms with van der Waals surface area (Å²) in [4.78, 5) is 46.0. The van der Waals surface area contributed by atoms with Crippen molar-refractivity contribution in [3.05, 3.63) is 0 Å². The normalized spacial score (nSPS) is 11.4. The summed E-state index contributed by atoms with van der Waals surface area (Å²) in [5, 5.41) is 10.7. The van der Waals surface area contributed by atoms with E-state index in [9.17, 15) is 19.2 Å². The third kappa shape index (κ3) is 9.42. The number of amides is 3. The summed E-state index contributed by atoms with van der Waals surface area (Å²) in [5.41, 5.74) is 0. The molecule has 0 bridgehead atoms. The van der Waals surface area contributed by atoms with Crippen molar-refractivity contribution in [2.75, 3.05) is 20.2 Å². The number of carbonyl (C=O) groups excluding carboxylic acids is 3. The zero-order valence-electron chi connectivity index (χ0n) is 12.5. The molecule has 0 spiro atoms. The minimum Gasteiger partial charge on any atom is -0.481 e. The number of carbonyl (C=O) groups is 4. The van der Waals surface area contributed by atoms with Gasteiger partial charge in [-0.1, -0.05) is 6.92 Å². The predicted molar refractivity (Wildman–Crippen MR) is 73.5 cm³/mol. The number of carboxylic acids is 1. The lowest BCUT2D eigenvalue weighted by atomic mass is 10.0. The summed E-state index contributed by atoms with van der Waals surface area (Å²) in [6.45, 7) is 3.70. The Kier molecular flexibility index (Phi) is 8.75. The summed E-state index contributed by atoms with van der Waals surface area (Å²) in [6.07, 6.45) is -0.147. The van der Waals surface area contributed by atoms with Crippen molar-refractivity contribution in [2.45, 2.75) is 33.1 Å². The lowest BCUT2D eigenvalue weighted by Crippen LogP contribution is -2.42. The van der Waals surface area contributed by atoms with E-state index in [0.29, 0.717) is 0 Å². The van der Waals surface area contributed by atoms with Gasteiger partial charge in [-0.25, -0.2) is 4.79 Å². The molecule has 0 aromatic carbocycles. The molecule has 8 heteroatoms. The maximum atomic E-state index is 11.7. The molecule has 0 aromatic heterocycles. The second-order valence-corrected chi connectivity index (χ2v) is 4.74. The number of urea groups is 1. The molecule has 0 aliphatic carbocycles. The second-order valence-electron chi connectivity index (χ2n) is 4.74. The van der Waals surface area contributed by atoms with E-state index in [0.717, 1.165) is 0 Å². The Labute approximate surface area is 123 Å². The zero-order chi connectivity index (χ0) is 16.4. The standard InChI is InChI=1S/C13H22N2O6/c1-4-21-12(19)5-6-15(3)13(20)14-10(16)7-9(2)8-11(17)18/h9H,4-8H2,1-3H3,(H,17,18)(H,14,16,20). The molecule has 0 rings (SSSR count). The Morgan fingerprint density at radius 2 is 1.86 bits per heavy atom. The van der Waals surface area contributed by atoms with Gasteiger partial charge < -0.3 is 14.7 Å². The first-order chi connectivity index (χ1) is 9.76. The number of imide groups is 1. The van der Waals surface area contributed by atoms with Gasteiger partial charge in [0.2, 0.25) is 5.91 Å². The molecular formula is C13H22N2O6. The number of aliphatic carboxylic acids is 1. The molecule has 2 N–H and O–H groups in total. The van der Waals surface area contributed by atoms with Crippen molar-refractivity contribution in [3.63, 3.8) is 0 Å².